The van der Waals surface area contributed by atoms with Crippen LogP contribution in [0, 0.1) is 11.7 Å². The van der Waals surface area contributed by atoms with Crippen LogP contribution in [-0.4, -0.2) is 12.6 Å². The monoisotopic (exact) mass is 269 g/mol. The molecular formula is C15H21ClFN. The van der Waals surface area contributed by atoms with E-state index in [1.807, 2.05) is 12.1 Å². The van der Waals surface area contributed by atoms with Crippen LogP contribution in [0.4, 0.5) is 4.39 Å². The number of rotatable bonds is 7. The Morgan fingerprint density at radius 2 is 2.22 bits per heavy atom. The van der Waals surface area contributed by atoms with Gasteiger partial charge in [-0.1, -0.05) is 30.7 Å². The highest BCUT2D eigenvalue weighted by atomic mass is 35.5. The minimum Gasteiger partial charge on any atom is -0.314 e. The molecule has 1 aliphatic carbocycles. The van der Waals surface area contributed by atoms with Crippen molar-refractivity contribution < 1.29 is 4.39 Å². The van der Waals surface area contributed by atoms with E-state index in [2.05, 4.69) is 12.2 Å². The number of halogens is 2. The first kappa shape index (κ1) is 13.8. The van der Waals surface area contributed by atoms with Crippen molar-refractivity contribution in [1.82, 2.24) is 5.32 Å². The highest BCUT2D eigenvalue weighted by molar-refractivity contribution is 6.30. The molecule has 1 aromatic carbocycles. The number of aryl methyl sites for hydroxylation is 1. The first-order valence-electron chi connectivity index (χ1n) is 6.88. The van der Waals surface area contributed by atoms with Gasteiger partial charge in [0, 0.05) is 6.04 Å². The highest BCUT2D eigenvalue weighted by Gasteiger charge is 2.30. The average Bonchev–Trinajstić information content (AvgIpc) is 3.18. The zero-order chi connectivity index (χ0) is 13.0. The highest BCUT2D eigenvalue weighted by Crippen LogP contribution is 2.34. The molecule has 0 saturated heterocycles. The summed E-state index contributed by atoms with van der Waals surface area (Å²) in [4.78, 5) is 0. The van der Waals surface area contributed by atoms with Crippen LogP contribution in [0.3, 0.4) is 0 Å². The molecule has 1 nitrogen and oxygen atoms in total. The van der Waals surface area contributed by atoms with Crippen molar-refractivity contribution >= 4 is 11.6 Å². The third-order valence-electron chi connectivity index (χ3n) is 3.60. The van der Waals surface area contributed by atoms with Crippen molar-refractivity contribution in [3.05, 3.63) is 34.6 Å². The van der Waals surface area contributed by atoms with Gasteiger partial charge in [-0.2, -0.15) is 0 Å². The summed E-state index contributed by atoms with van der Waals surface area (Å²) < 4.78 is 13.8. The van der Waals surface area contributed by atoms with Crippen LogP contribution in [0.15, 0.2) is 18.2 Å². The summed E-state index contributed by atoms with van der Waals surface area (Å²) in [6, 6.07) is 5.81. The summed E-state index contributed by atoms with van der Waals surface area (Å²) in [7, 11) is 0. The van der Waals surface area contributed by atoms with Gasteiger partial charge in [-0.15, -0.1) is 0 Å². The van der Waals surface area contributed by atoms with Gasteiger partial charge in [0.25, 0.3) is 0 Å². The molecule has 1 atom stereocenters. The number of nitrogens with one attached hydrogen (secondary N) is 1. The van der Waals surface area contributed by atoms with Gasteiger partial charge in [-0.3, -0.25) is 0 Å². The van der Waals surface area contributed by atoms with E-state index in [1.165, 1.54) is 12.8 Å². The maximum Gasteiger partial charge on any atom is 0.144 e. The molecule has 0 radical (unpaired) electrons. The molecule has 1 N–H and O–H groups in total. The average molecular weight is 270 g/mol. The fraction of sp³-hybridized carbons (Fsp3) is 0.600. The van der Waals surface area contributed by atoms with Crippen molar-refractivity contribution in [2.75, 3.05) is 6.54 Å². The van der Waals surface area contributed by atoms with E-state index in [9.17, 15) is 4.39 Å². The second kappa shape index (κ2) is 6.53. The van der Waals surface area contributed by atoms with Gasteiger partial charge in [-0.25, -0.2) is 4.39 Å². The molecule has 1 unspecified atom stereocenters. The summed E-state index contributed by atoms with van der Waals surface area (Å²) in [6.07, 6.45) is 5.56. The van der Waals surface area contributed by atoms with Crippen molar-refractivity contribution in [2.24, 2.45) is 5.92 Å². The van der Waals surface area contributed by atoms with Crippen LogP contribution in [-0.2, 0) is 6.42 Å². The van der Waals surface area contributed by atoms with Crippen LogP contribution in [0.1, 0.15) is 38.2 Å². The Balaban J connectivity index is 1.90. The zero-order valence-corrected chi connectivity index (χ0v) is 11.6. The summed E-state index contributed by atoms with van der Waals surface area (Å²) in [5.74, 6) is 0.558. The van der Waals surface area contributed by atoms with Gasteiger partial charge in [0.05, 0.1) is 5.02 Å². The van der Waals surface area contributed by atoms with Crippen LogP contribution in [0.25, 0.3) is 0 Å². The second-order valence-electron chi connectivity index (χ2n) is 5.15. The lowest BCUT2D eigenvalue weighted by atomic mass is 10.0. The Morgan fingerprint density at radius 3 is 2.89 bits per heavy atom. The van der Waals surface area contributed by atoms with E-state index in [0.29, 0.717) is 6.04 Å². The predicted molar refractivity (Wildman–Crippen MR) is 74.5 cm³/mol. The molecule has 1 aliphatic rings. The minimum atomic E-state index is -0.246. The van der Waals surface area contributed by atoms with E-state index in [-0.39, 0.29) is 10.8 Å². The van der Waals surface area contributed by atoms with Gasteiger partial charge >= 0.3 is 0 Å². The quantitative estimate of drug-likeness (QED) is 0.783. The van der Waals surface area contributed by atoms with E-state index >= 15 is 0 Å². The van der Waals surface area contributed by atoms with E-state index in [0.717, 1.165) is 37.3 Å². The third kappa shape index (κ3) is 3.69. The maximum atomic E-state index is 13.8. The lowest BCUT2D eigenvalue weighted by Gasteiger charge is -2.18. The Morgan fingerprint density at radius 1 is 1.44 bits per heavy atom. The Bertz CT molecular complexity index is 390. The normalized spacial score (nSPS) is 16.8. The molecule has 0 aromatic heterocycles. The molecule has 1 fully saturated rings. The van der Waals surface area contributed by atoms with Gasteiger partial charge in [0.15, 0.2) is 0 Å². The van der Waals surface area contributed by atoms with Gasteiger partial charge in [0.2, 0.25) is 0 Å². The first-order chi connectivity index (χ1) is 8.72. The van der Waals surface area contributed by atoms with E-state index in [1.54, 1.807) is 6.07 Å². The number of hydrogen-bond donors (Lipinski definition) is 1. The Kier molecular flexibility index (Phi) is 5.02. The molecule has 0 bridgehead atoms. The Hall–Kier alpha value is -0.600. The molecule has 0 heterocycles. The molecule has 3 heteroatoms. The molecule has 18 heavy (non-hydrogen) atoms. The summed E-state index contributed by atoms with van der Waals surface area (Å²) in [5.41, 5.74) is 0.742. The SMILES string of the molecule is CCCNC(CCc1cccc(Cl)c1F)C1CC1. The molecule has 1 aromatic rings. The predicted octanol–water partition coefficient (Wildman–Crippen LogP) is 4.19. The minimum absolute atomic E-state index is 0.233. The second-order valence-corrected chi connectivity index (χ2v) is 5.56. The lowest BCUT2D eigenvalue weighted by Crippen LogP contribution is -2.32. The molecule has 0 aliphatic heterocycles. The van der Waals surface area contributed by atoms with Crippen LogP contribution in [0.5, 0.6) is 0 Å². The van der Waals surface area contributed by atoms with Crippen molar-refractivity contribution in [1.29, 1.82) is 0 Å². The first-order valence-corrected chi connectivity index (χ1v) is 7.26. The van der Waals surface area contributed by atoms with Gasteiger partial charge in [-0.05, 0) is 56.2 Å². The largest absolute Gasteiger partial charge is 0.314 e. The number of benzene rings is 1. The van der Waals surface area contributed by atoms with E-state index in [4.69, 9.17) is 11.6 Å². The lowest BCUT2D eigenvalue weighted by molar-refractivity contribution is 0.432. The van der Waals surface area contributed by atoms with Crippen molar-refractivity contribution in [3.63, 3.8) is 0 Å². The summed E-state index contributed by atoms with van der Waals surface area (Å²) >= 11 is 5.80. The van der Waals surface area contributed by atoms with Gasteiger partial charge < -0.3 is 5.32 Å². The van der Waals surface area contributed by atoms with Crippen molar-refractivity contribution in [2.45, 2.75) is 45.1 Å². The van der Waals surface area contributed by atoms with Gasteiger partial charge in [0.1, 0.15) is 5.82 Å². The van der Waals surface area contributed by atoms with Crippen LogP contribution in [0.2, 0.25) is 5.02 Å². The molecule has 100 valence electrons. The molecule has 1 saturated carbocycles. The molecular weight excluding hydrogens is 249 g/mol. The standard InChI is InChI=1S/C15H21ClFN/c1-2-10-18-14(11-6-7-11)9-8-12-4-3-5-13(16)15(12)17/h3-5,11,14,18H,2,6-10H2,1H3. The van der Waals surface area contributed by atoms with Crippen LogP contribution < -0.4 is 5.32 Å². The molecule has 2 rings (SSSR count). The van der Waals surface area contributed by atoms with E-state index < -0.39 is 0 Å². The maximum absolute atomic E-state index is 13.8. The van der Waals surface area contributed by atoms with Crippen LogP contribution >= 0.6 is 11.6 Å². The summed E-state index contributed by atoms with van der Waals surface area (Å²) in [6.45, 7) is 3.23. The van der Waals surface area contributed by atoms with Crippen molar-refractivity contribution in [3.8, 4) is 0 Å². The smallest absolute Gasteiger partial charge is 0.144 e. The summed E-state index contributed by atoms with van der Waals surface area (Å²) in [5, 5.41) is 3.81. The molecule has 0 amide bonds. The fourth-order valence-electron chi connectivity index (χ4n) is 2.39. The Labute approximate surface area is 114 Å². The zero-order valence-electron chi connectivity index (χ0n) is 10.9. The number of hydrogen-bond acceptors (Lipinski definition) is 1. The fourth-order valence-corrected chi connectivity index (χ4v) is 2.58. The third-order valence-corrected chi connectivity index (χ3v) is 3.90. The molecule has 0 spiro atoms. The topological polar surface area (TPSA) is 12.0 Å².